The molecule has 0 fully saturated rings. The first-order valence-electron chi connectivity index (χ1n) is 7.22. The molecular weight excluding hydrogens is 339 g/mol. The van der Waals surface area contributed by atoms with E-state index in [0.29, 0.717) is 19.3 Å². The largest absolute Gasteiger partial charge is 1.00 e. The minimum absolute atomic E-state index is 0. The van der Waals surface area contributed by atoms with E-state index in [2.05, 4.69) is 0 Å². The van der Waals surface area contributed by atoms with Crippen molar-refractivity contribution in [2.45, 2.75) is 31.4 Å². The number of hydrogen-bond donors (Lipinski definition) is 0. The average molecular weight is 359 g/mol. The second kappa shape index (κ2) is 9.93. The summed E-state index contributed by atoms with van der Waals surface area (Å²) in [5, 5.41) is -0.837. The SMILES string of the molecule is CC(CCCc1cccc(Oc2ccccc2)c1)S(=O)(=O)[O-].[K+]. The standard InChI is InChI=1S/C17H20O4S.K/c1-14(22(18,19)20)7-5-8-15-9-6-12-17(13-15)21-16-10-3-2-4-11-16;/h2-4,6,9-14H,5,7-8H2,1H3,(H,18,19,20);/q;+1/p-1. The zero-order valence-electron chi connectivity index (χ0n) is 13.4. The summed E-state index contributed by atoms with van der Waals surface area (Å²) in [6.07, 6.45) is 1.74. The third-order valence-electron chi connectivity index (χ3n) is 3.45. The van der Waals surface area contributed by atoms with Crippen molar-refractivity contribution in [1.29, 1.82) is 0 Å². The quantitative estimate of drug-likeness (QED) is 0.541. The third-order valence-corrected chi connectivity index (χ3v) is 4.67. The van der Waals surface area contributed by atoms with Crippen LogP contribution in [0.25, 0.3) is 0 Å². The molecule has 0 heterocycles. The Bertz CT molecular complexity index is 702. The molecule has 6 heteroatoms. The summed E-state index contributed by atoms with van der Waals surface area (Å²) in [5.41, 5.74) is 1.06. The van der Waals surface area contributed by atoms with E-state index in [4.69, 9.17) is 4.74 Å². The van der Waals surface area contributed by atoms with E-state index in [1.165, 1.54) is 6.92 Å². The molecule has 0 amide bonds. The van der Waals surface area contributed by atoms with Gasteiger partial charge in [0.1, 0.15) is 11.5 Å². The fraction of sp³-hybridized carbons (Fsp3) is 0.294. The van der Waals surface area contributed by atoms with Gasteiger partial charge in [-0.2, -0.15) is 0 Å². The molecule has 0 aliphatic rings. The van der Waals surface area contributed by atoms with Gasteiger partial charge in [0.15, 0.2) is 0 Å². The predicted molar refractivity (Wildman–Crippen MR) is 85.1 cm³/mol. The Morgan fingerprint density at radius 3 is 2.35 bits per heavy atom. The van der Waals surface area contributed by atoms with Crippen LogP contribution in [-0.2, 0) is 16.5 Å². The van der Waals surface area contributed by atoms with Crippen molar-refractivity contribution < 1.29 is 69.1 Å². The van der Waals surface area contributed by atoms with Crippen LogP contribution in [-0.4, -0.2) is 18.2 Å². The normalized spacial score (nSPS) is 12.3. The molecule has 2 rings (SSSR count). The van der Waals surface area contributed by atoms with Crippen LogP contribution in [0.15, 0.2) is 54.6 Å². The number of para-hydroxylation sites is 1. The van der Waals surface area contributed by atoms with Gasteiger partial charge in [0, 0.05) is 5.25 Å². The molecule has 0 aliphatic carbocycles. The second-order valence-electron chi connectivity index (χ2n) is 5.26. The van der Waals surface area contributed by atoms with Gasteiger partial charge >= 0.3 is 51.4 Å². The van der Waals surface area contributed by atoms with Gasteiger partial charge in [0.2, 0.25) is 0 Å². The molecule has 2 aromatic rings. The maximum atomic E-state index is 10.9. The molecule has 0 spiro atoms. The molecule has 23 heavy (non-hydrogen) atoms. The van der Waals surface area contributed by atoms with E-state index in [1.54, 1.807) is 0 Å². The van der Waals surface area contributed by atoms with Crippen LogP contribution in [0.3, 0.4) is 0 Å². The minimum atomic E-state index is -4.18. The van der Waals surface area contributed by atoms with Crippen molar-refractivity contribution in [3.63, 3.8) is 0 Å². The maximum Gasteiger partial charge on any atom is 1.00 e. The predicted octanol–water partition coefficient (Wildman–Crippen LogP) is 0.739. The average Bonchev–Trinajstić information content (AvgIpc) is 2.47. The summed E-state index contributed by atoms with van der Waals surface area (Å²) >= 11 is 0. The third kappa shape index (κ3) is 7.47. The molecule has 0 aromatic heterocycles. The van der Waals surface area contributed by atoms with Crippen LogP contribution < -0.4 is 56.1 Å². The van der Waals surface area contributed by atoms with Gasteiger partial charge < -0.3 is 9.29 Å². The van der Waals surface area contributed by atoms with Crippen molar-refractivity contribution in [3.8, 4) is 11.5 Å². The molecule has 4 nitrogen and oxygen atoms in total. The smallest absolute Gasteiger partial charge is 0.748 e. The zero-order chi connectivity index (χ0) is 16.0. The Hall–Kier alpha value is -0.214. The van der Waals surface area contributed by atoms with Gasteiger partial charge in [-0.25, -0.2) is 8.42 Å². The summed E-state index contributed by atoms with van der Waals surface area (Å²) in [4.78, 5) is 0. The van der Waals surface area contributed by atoms with Crippen LogP contribution in [0.2, 0.25) is 0 Å². The van der Waals surface area contributed by atoms with Gasteiger partial charge in [-0.05, 0) is 56.0 Å². The Morgan fingerprint density at radius 2 is 1.70 bits per heavy atom. The molecule has 1 atom stereocenters. The van der Waals surface area contributed by atoms with Crippen LogP contribution in [0.5, 0.6) is 11.5 Å². The Morgan fingerprint density at radius 1 is 1.04 bits per heavy atom. The summed E-state index contributed by atoms with van der Waals surface area (Å²) < 4.78 is 38.3. The van der Waals surface area contributed by atoms with E-state index >= 15 is 0 Å². The van der Waals surface area contributed by atoms with E-state index in [9.17, 15) is 13.0 Å². The van der Waals surface area contributed by atoms with Gasteiger partial charge in [-0.1, -0.05) is 30.3 Å². The molecule has 0 saturated carbocycles. The fourth-order valence-electron chi connectivity index (χ4n) is 2.13. The van der Waals surface area contributed by atoms with Crippen LogP contribution >= 0.6 is 0 Å². The number of benzene rings is 2. The molecule has 0 aliphatic heterocycles. The van der Waals surface area contributed by atoms with E-state index in [1.807, 2.05) is 54.6 Å². The molecule has 2 aromatic carbocycles. The second-order valence-corrected chi connectivity index (χ2v) is 7.05. The number of hydrogen-bond acceptors (Lipinski definition) is 4. The molecular formula is C17H19KO4S. The Kier molecular flexibility index (Phi) is 8.99. The maximum absolute atomic E-state index is 10.9. The Balaban J connectivity index is 0.00000264. The molecule has 1 unspecified atom stereocenters. The fourth-order valence-corrected chi connectivity index (χ4v) is 2.58. The van der Waals surface area contributed by atoms with Crippen molar-refractivity contribution in [3.05, 3.63) is 60.2 Å². The van der Waals surface area contributed by atoms with Crippen molar-refractivity contribution in [2.75, 3.05) is 0 Å². The van der Waals surface area contributed by atoms with Gasteiger partial charge in [0.05, 0.1) is 10.1 Å². The van der Waals surface area contributed by atoms with E-state index < -0.39 is 15.4 Å². The van der Waals surface area contributed by atoms with Gasteiger partial charge in [0.25, 0.3) is 0 Å². The first-order valence-corrected chi connectivity index (χ1v) is 8.69. The van der Waals surface area contributed by atoms with Crippen LogP contribution in [0, 0.1) is 0 Å². The topological polar surface area (TPSA) is 66.4 Å². The summed E-state index contributed by atoms with van der Waals surface area (Å²) in [7, 11) is -4.18. The molecule has 0 bridgehead atoms. The van der Waals surface area contributed by atoms with Gasteiger partial charge in [-0.15, -0.1) is 0 Å². The molecule has 0 N–H and O–H groups in total. The van der Waals surface area contributed by atoms with Crippen molar-refractivity contribution in [1.82, 2.24) is 0 Å². The first kappa shape index (κ1) is 20.8. The molecule has 118 valence electrons. The monoisotopic (exact) mass is 358 g/mol. The number of ether oxygens (including phenoxy) is 1. The van der Waals surface area contributed by atoms with E-state index in [0.717, 1.165) is 17.1 Å². The zero-order valence-corrected chi connectivity index (χ0v) is 17.4. The van der Waals surface area contributed by atoms with Crippen molar-refractivity contribution in [2.24, 2.45) is 0 Å². The first-order chi connectivity index (χ1) is 10.4. The van der Waals surface area contributed by atoms with Gasteiger partial charge in [-0.3, -0.25) is 0 Å². The summed E-state index contributed by atoms with van der Waals surface area (Å²) in [5.74, 6) is 1.51. The van der Waals surface area contributed by atoms with Crippen LogP contribution in [0.4, 0.5) is 0 Å². The molecule has 0 radical (unpaired) electrons. The Labute approximate surface area is 180 Å². The van der Waals surface area contributed by atoms with Crippen molar-refractivity contribution >= 4 is 10.1 Å². The summed E-state index contributed by atoms with van der Waals surface area (Å²) in [6.45, 7) is 1.46. The van der Waals surface area contributed by atoms with E-state index in [-0.39, 0.29) is 51.4 Å². The summed E-state index contributed by atoms with van der Waals surface area (Å²) in [6, 6.07) is 17.2. The van der Waals surface area contributed by atoms with Crippen LogP contribution in [0.1, 0.15) is 25.3 Å². The minimum Gasteiger partial charge on any atom is -0.748 e. The molecule has 0 saturated heterocycles. The number of rotatable bonds is 7. The number of aryl methyl sites for hydroxylation is 1.